The summed E-state index contributed by atoms with van der Waals surface area (Å²) in [6, 6.07) is 15.0. The Morgan fingerprint density at radius 1 is 0.922 bits per heavy atom. The van der Waals surface area contributed by atoms with E-state index in [1.165, 1.54) is 40.6 Å². The summed E-state index contributed by atoms with van der Waals surface area (Å²) >= 11 is 0. The van der Waals surface area contributed by atoms with E-state index in [2.05, 4.69) is 10.5 Å². The number of piperidine rings is 1. The number of carbonyl (C=O) groups is 1. The van der Waals surface area contributed by atoms with E-state index in [1.54, 1.807) is 57.2 Å². The highest BCUT2D eigenvalue weighted by molar-refractivity contribution is 7.93. The normalized spacial score (nSPS) is 19.0. The van der Waals surface area contributed by atoms with Gasteiger partial charge in [-0.2, -0.15) is 5.10 Å². The number of sulfonamides is 1. The average molecular weight is 909 g/mol. The van der Waals surface area contributed by atoms with E-state index in [4.69, 9.17) is 38.0 Å². The van der Waals surface area contributed by atoms with Crippen molar-refractivity contribution in [3.8, 4) is 23.0 Å². The maximum Gasteiger partial charge on any atom is 0.410 e. The number of hydrogen-bond donors (Lipinski definition) is 1. The smallest absolute Gasteiger partial charge is 0.410 e. The van der Waals surface area contributed by atoms with Gasteiger partial charge in [-0.25, -0.2) is 31.0 Å². The molecule has 2 aromatic heterocycles. The van der Waals surface area contributed by atoms with Crippen LogP contribution in [0.1, 0.15) is 94.2 Å². The number of methoxy groups -OCH3 is 4. The number of likely N-dealkylation sites (tertiary alicyclic amines) is 1. The van der Waals surface area contributed by atoms with Crippen molar-refractivity contribution in [2.45, 2.75) is 100 Å². The molecule has 1 N–H and O–H groups in total. The molecule has 19 heteroatoms. The van der Waals surface area contributed by atoms with Crippen molar-refractivity contribution in [1.29, 1.82) is 0 Å². The minimum atomic E-state index is -4.71. The van der Waals surface area contributed by atoms with E-state index in [0.29, 0.717) is 46.5 Å². The molecule has 1 amide bonds. The third-order valence-corrected chi connectivity index (χ3v) is 13.3. The third-order valence-electron chi connectivity index (χ3n) is 11.5. The van der Waals surface area contributed by atoms with E-state index in [0.717, 1.165) is 47.0 Å². The number of halogens is 2. The Kier molecular flexibility index (Phi) is 12.3. The predicted molar refractivity (Wildman–Crippen MR) is 233 cm³/mol. The molecule has 0 radical (unpaired) electrons. The molecule has 5 aromatic rings. The maximum atomic E-state index is 15.3. The number of fused-ring (bicyclic) bond motifs is 1. The lowest BCUT2D eigenvalue weighted by Crippen LogP contribution is -2.50. The molecule has 8 rings (SSSR count). The van der Waals surface area contributed by atoms with Crippen molar-refractivity contribution in [2.24, 2.45) is 0 Å². The number of nitrogens with one attached hydrogen (secondary N) is 1. The summed E-state index contributed by atoms with van der Waals surface area (Å²) in [6.07, 6.45) is 3.49. The second-order valence-electron chi connectivity index (χ2n) is 17.4. The number of carbonyl (C=O) groups excluding carboxylic acids is 1. The zero-order valence-electron chi connectivity index (χ0n) is 37.0. The first-order chi connectivity index (χ1) is 30.5. The van der Waals surface area contributed by atoms with Crippen molar-refractivity contribution in [3.63, 3.8) is 0 Å². The molecule has 0 bridgehead atoms. The van der Waals surface area contributed by atoms with Gasteiger partial charge in [0.2, 0.25) is 0 Å². The number of hydrogen-bond acceptors (Lipinski definition) is 13. The van der Waals surface area contributed by atoms with E-state index in [-0.39, 0.29) is 52.7 Å². The number of rotatable bonds is 14. The molecule has 2 aliphatic heterocycles. The Hall–Kier alpha value is -5.82. The Morgan fingerprint density at radius 2 is 1.62 bits per heavy atom. The van der Waals surface area contributed by atoms with Gasteiger partial charge >= 0.3 is 6.09 Å². The van der Waals surface area contributed by atoms with Gasteiger partial charge in [0, 0.05) is 49.2 Å². The summed E-state index contributed by atoms with van der Waals surface area (Å²) in [4.78, 5) is 13.6. The summed E-state index contributed by atoms with van der Waals surface area (Å²) < 4.78 is 104. The zero-order chi connectivity index (χ0) is 45.6. The number of alkyl halides is 2. The minimum Gasteiger partial charge on any atom is -0.497 e. The van der Waals surface area contributed by atoms with Crippen LogP contribution >= 0.6 is 0 Å². The van der Waals surface area contributed by atoms with Gasteiger partial charge in [-0.15, -0.1) is 0 Å². The fourth-order valence-electron chi connectivity index (χ4n) is 8.30. The van der Waals surface area contributed by atoms with Gasteiger partial charge < -0.3 is 43.2 Å². The van der Waals surface area contributed by atoms with Gasteiger partial charge in [0.1, 0.15) is 28.6 Å². The van der Waals surface area contributed by atoms with Gasteiger partial charge in [-0.05, 0) is 94.3 Å². The maximum absolute atomic E-state index is 15.3. The van der Waals surface area contributed by atoms with Crippen LogP contribution in [-0.4, -0.2) is 94.0 Å². The highest BCUT2D eigenvalue weighted by Gasteiger charge is 2.45. The molecule has 16 nitrogen and oxygen atoms in total. The van der Waals surface area contributed by atoms with Crippen molar-refractivity contribution in [1.82, 2.24) is 19.8 Å². The van der Waals surface area contributed by atoms with Gasteiger partial charge in [-0.3, -0.25) is 0 Å². The number of aromatic nitrogens is 3. The molecule has 3 aliphatic rings. The van der Waals surface area contributed by atoms with Gasteiger partial charge in [0.05, 0.1) is 52.6 Å². The van der Waals surface area contributed by atoms with Crippen molar-refractivity contribution >= 4 is 44.4 Å². The zero-order valence-corrected chi connectivity index (χ0v) is 37.8. The number of nitrogens with zero attached hydrogens (tertiary/aromatic N) is 5. The van der Waals surface area contributed by atoms with Crippen LogP contribution in [0.2, 0.25) is 0 Å². The largest absolute Gasteiger partial charge is 0.497 e. The Labute approximate surface area is 370 Å². The standard InChI is InChI=1S/C45H54F2N6O10S/c1-44(2,3)62-43(54)51-25-30(23-45(46,47)26-51)29-18-37(59-6)41(38(19-29)60-7)64(55,56)52(24-27-11-15-31(57-4)16-12-27)42-32-20-36(58-5)33(21-35(32)63-50-42)48-39-22-34(28-13-14-28)53(49-39)40-10-8-9-17-61-40/h11-12,15-16,18-22,28,30,40H,8-10,13-14,17,23-26H2,1-7H3,(H,48,49). The first-order valence-corrected chi connectivity index (χ1v) is 22.7. The SMILES string of the molecule is COc1ccc(CN(c2noc3cc(Nc4cc(C5CC5)n(C5CCCCO5)n4)c(OC)cc23)S(=O)(=O)c2c(OC)cc(C3CN(C(=O)OC(C)(C)C)CC(F)(F)C3)cc2OC)cc1. The Balaban J connectivity index is 1.18. The van der Waals surface area contributed by atoms with Crippen molar-refractivity contribution in [3.05, 3.63) is 71.4 Å². The minimum absolute atomic E-state index is 0.0708. The van der Waals surface area contributed by atoms with Crippen molar-refractivity contribution < 1.29 is 54.9 Å². The van der Waals surface area contributed by atoms with E-state index in [1.807, 2.05) is 10.7 Å². The summed E-state index contributed by atoms with van der Waals surface area (Å²) in [5, 5.41) is 12.9. The highest BCUT2D eigenvalue weighted by atomic mass is 32.2. The lowest BCUT2D eigenvalue weighted by atomic mass is 9.88. The van der Waals surface area contributed by atoms with Crippen LogP contribution < -0.4 is 28.6 Å². The number of amides is 1. The Bertz CT molecular complexity index is 2580. The molecular formula is C45H54F2N6O10S. The number of ether oxygens (including phenoxy) is 6. The molecular weight excluding hydrogens is 855 g/mol. The molecule has 3 fully saturated rings. The third kappa shape index (κ3) is 9.36. The second kappa shape index (κ2) is 17.6. The van der Waals surface area contributed by atoms with Crippen LogP contribution in [0.15, 0.2) is 64.0 Å². The van der Waals surface area contributed by atoms with Crippen LogP contribution in [0.25, 0.3) is 11.0 Å². The van der Waals surface area contributed by atoms with Crippen LogP contribution in [0.3, 0.4) is 0 Å². The summed E-state index contributed by atoms with van der Waals surface area (Å²) in [7, 11) is 0.871. The summed E-state index contributed by atoms with van der Waals surface area (Å²) in [5.41, 5.74) is 1.79. The van der Waals surface area contributed by atoms with E-state index in [9.17, 15) is 4.79 Å². The molecule has 344 valence electrons. The molecule has 3 aromatic carbocycles. The predicted octanol–water partition coefficient (Wildman–Crippen LogP) is 9.13. The topological polar surface area (TPSA) is 169 Å². The van der Waals surface area contributed by atoms with Gasteiger partial charge in [-0.1, -0.05) is 17.3 Å². The van der Waals surface area contributed by atoms with E-state index < -0.39 is 46.5 Å². The summed E-state index contributed by atoms with van der Waals surface area (Å²) in [5.74, 6) is -2.70. The quantitative estimate of drug-likeness (QED) is 0.112. The van der Waals surface area contributed by atoms with E-state index >= 15 is 17.2 Å². The molecule has 0 spiro atoms. The second-order valence-corrected chi connectivity index (χ2v) is 19.2. The fourth-order valence-corrected chi connectivity index (χ4v) is 9.99. The first kappa shape index (κ1) is 44.8. The summed E-state index contributed by atoms with van der Waals surface area (Å²) in [6.45, 7) is 4.46. The molecule has 64 heavy (non-hydrogen) atoms. The molecule has 1 saturated carbocycles. The molecule has 2 atom stereocenters. The van der Waals surface area contributed by atoms with Crippen LogP contribution in [-0.2, 0) is 26.0 Å². The van der Waals surface area contributed by atoms with Crippen LogP contribution in [0, 0.1) is 0 Å². The van der Waals surface area contributed by atoms with Crippen LogP contribution in [0.5, 0.6) is 23.0 Å². The molecule has 4 heterocycles. The molecule has 1 aliphatic carbocycles. The fraction of sp³-hybridized carbons (Fsp3) is 0.489. The first-order valence-electron chi connectivity index (χ1n) is 21.2. The van der Waals surface area contributed by atoms with Crippen molar-refractivity contribution in [2.75, 3.05) is 57.8 Å². The Morgan fingerprint density at radius 3 is 2.23 bits per heavy atom. The van der Waals surface area contributed by atoms with Crippen LogP contribution in [0.4, 0.5) is 30.9 Å². The molecule has 2 saturated heterocycles. The number of benzene rings is 3. The lowest BCUT2D eigenvalue weighted by Gasteiger charge is -2.38. The van der Waals surface area contributed by atoms with Gasteiger partial charge in [0.15, 0.2) is 28.3 Å². The number of anilines is 3. The lowest BCUT2D eigenvalue weighted by molar-refractivity contribution is -0.0756. The van der Waals surface area contributed by atoms with Gasteiger partial charge in [0.25, 0.3) is 15.9 Å². The average Bonchev–Trinajstić information content (AvgIpc) is 3.91. The monoisotopic (exact) mass is 908 g/mol. The highest BCUT2D eigenvalue weighted by Crippen LogP contribution is 2.47. The molecule has 2 unspecified atom stereocenters.